The van der Waals surface area contributed by atoms with E-state index in [0.717, 1.165) is 19.4 Å². The molecule has 0 aliphatic carbocycles. The lowest BCUT2D eigenvalue weighted by molar-refractivity contribution is -0.141. The van der Waals surface area contributed by atoms with Crippen LogP contribution in [0.15, 0.2) is 12.3 Å². The normalized spacial score (nSPS) is 11.9. The van der Waals surface area contributed by atoms with Gasteiger partial charge in [0.05, 0.1) is 7.11 Å². The quantitative estimate of drug-likeness (QED) is 0.446. The minimum atomic E-state index is -1.22. The van der Waals surface area contributed by atoms with Gasteiger partial charge < -0.3 is 9.84 Å². The highest BCUT2D eigenvalue weighted by atomic mass is 19.1. The summed E-state index contributed by atoms with van der Waals surface area (Å²) in [6.07, 6.45) is 0.994. The van der Waals surface area contributed by atoms with E-state index >= 15 is 0 Å². The highest BCUT2D eigenvalue weighted by Gasteiger charge is 2.28. The number of pyridine rings is 1. The fraction of sp³-hybridized carbons (Fsp3) is 0.364. The molecule has 7 heteroatoms. The fourth-order valence-corrected chi connectivity index (χ4v) is 1.34. The monoisotopic (exact) mass is 256 g/mol. The highest BCUT2D eigenvalue weighted by Crippen LogP contribution is 2.14. The molecule has 18 heavy (non-hydrogen) atoms. The highest BCUT2D eigenvalue weighted by molar-refractivity contribution is 6.11. The van der Waals surface area contributed by atoms with Crippen molar-refractivity contribution in [3.8, 4) is 5.88 Å². The van der Waals surface area contributed by atoms with E-state index in [1.807, 2.05) is 0 Å². The number of aromatic nitrogens is 1. The molecule has 1 rings (SSSR count). The molecule has 2 N–H and O–H groups in total. The van der Waals surface area contributed by atoms with Crippen LogP contribution in [-0.2, 0) is 9.53 Å². The average molecular weight is 256 g/mol. The summed E-state index contributed by atoms with van der Waals surface area (Å²) in [7, 11) is 1.15. The number of Topliss-reactive ketones (excluding diaryl/α,β-unsaturated/α-hetero) is 1. The van der Waals surface area contributed by atoms with Crippen molar-refractivity contribution in [1.82, 2.24) is 10.3 Å². The Balaban J connectivity index is 3.01. The van der Waals surface area contributed by atoms with Gasteiger partial charge in [-0.1, -0.05) is 6.92 Å². The molecule has 1 aromatic heterocycles. The molecule has 0 aliphatic heterocycles. The number of hydrogen-bond donors (Lipinski definition) is 2. The molecule has 6 nitrogen and oxygen atoms in total. The maximum Gasteiger partial charge on any atom is 0.331 e. The molecule has 0 fully saturated rings. The Morgan fingerprint density at radius 2 is 2.28 bits per heavy atom. The molecule has 1 heterocycles. The van der Waals surface area contributed by atoms with E-state index in [1.54, 1.807) is 6.92 Å². The number of esters is 1. The number of rotatable bonds is 5. The topological polar surface area (TPSA) is 88.5 Å². The third kappa shape index (κ3) is 3.01. The van der Waals surface area contributed by atoms with Gasteiger partial charge in [-0.3, -0.25) is 10.1 Å². The second kappa shape index (κ2) is 6.06. The standard InChI is InChI=1S/C11H13FN2O4/c1-3-13-8(11(17)18-2)9(15)6-4-7(12)10(16)14-5-6/h4-5,8,13H,3H2,1-2H3,(H,14,16). The van der Waals surface area contributed by atoms with Crippen LogP contribution >= 0.6 is 0 Å². The van der Waals surface area contributed by atoms with Crippen LogP contribution in [0.4, 0.5) is 4.39 Å². The van der Waals surface area contributed by atoms with E-state index in [-0.39, 0.29) is 5.56 Å². The van der Waals surface area contributed by atoms with Gasteiger partial charge in [-0.2, -0.15) is 0 Å². The van der Waals surface area contributed by atoms with Crippen molar-refractivity contribution < 1.29 is 23.8 Å². The molecule has 0 radical (unpaired) electrons. The van der Waals surface area contributed by atoms with Crippen LogP contribution in [0.5, 0.6) is 5.88 Å². The van der Waals surface area contributed by atoms with Gasteiger partial charge in [0, 0.05) is 11.8 Å². The van der Waals surface area contributed by atoms with E-state index in [9.17, 15) is 14.0 Å². The predicted molar refractivity (Wildman–Crippen MR) is 59.7 cm³/mol. The predicted octanol–water partition coefficient (Wildman–Crippen LogP) is 0.260. The molecule has 0 saturated carbocycles. The van der Waals surface area contributed by atoms with E-state index in [2.05, 4.69) is 15.0 Å². The van der Waals surface area contributed by atoms with Crippen molar-refractivity contribution in [3.63, 3.8) is 0 Å². The van der Waals surface area contributed by atoms with Gasteiger partial charge in [0.15, 0.2) is 17.6 Å². The first kappa shape index (κ1) is 14.0. The zero-order valence-corrected chi connectivity index (χ0v) is 9.94. The summed E-state index contributed by atoms with van der Waals surface area (Å²) in [4.78, 5) is 26.7. The first-order chi connectivity index (χ1) is 8.51. The van der Waals surface area contributed by atoms with Crippen molar-refractivity contribution >= 4 is 11.8 Å². The second-order valence-corrected chi connectivity index (χ2v) is 3.41. The average Bonchev–Trinajstić information content (AvgIpc) is 2.37. The zero-order valence-electron chi connectivity index (χ0n) is 9.94. The van der Waals surface area contributed by atoms with Crippen molar-refractivity contribution in [3.05, 3.63) is 23.6 Å². The lowest BCUT2D eigenvalue weighted by Crippen LogP contribution is -2.44. The molecule has 0 saturated heterocycles. The first-order valence-corrected chi connectivity index (χ1v) is 5.21. The lowest BCUT2D eigenvalue weighted by atomic mass is 10.1. The molecule has 0 amide bonds. The molecule has 0 bridgehead atoms. The number of ketones is 1. The van der Waals surface area contributed by atoms with Gasteiger partial charge in [0.2, 0.25) is 5.88 Å². The number of nitrogens with zero attached hydrogens (tertiary/aromatic N) is 1. The van der Waals surface area contributed by atoms with Crippen molar-refractivity contribution in [1.29, 1.82) is 0 Å². The molecular formula is C11H13FN2O4. The summed E-state index contributed by atoms with van der Waals surface area (Å²) in [5.74, 6) is -3.27. The number of halogens is 1. The van der Waals surface area contributed by atoms with Gasteiger partial charge in [-0.15, -0.1) is 0 Å². The SMILES string of the molecule is CCNC(C(=O)OC)C(=O)c1cnc(O)c(F)c1. The van der Waals surface area contributed by atoms with E-state index in [4.69, 9.17) is 5.11 Å². The molecule has 98 valence electrons. The number of ether oxygens (including phenoxy) is 1. The molecule has 1 atom stereocenters. The van der Waals surface area contributed by atoms with E-state index < -0.39 is 29.5 Å². The largest absolute Gasteiger partial charge is 0.491 e. The molecule has 1 aromatic rings. The summed E-state index contributed by atoms with van der Waals surface area (Å²) < 4.78 is 17.5. The van der Waals surface area contributed by atoms with Crippen molar-refractivity contribution in [2.75, 3.05) is 13.7 Å². The summed E-state index contributed by atoms with van der Waals surface area (Å²) in [5.41, 5.74) is -0.123. The van der Waals surface area contributed by atoms with Crippen molar-refractivity contribution in [2.45, 2.75) is 13.0 Å². The van der Waals surface area contributed by atoms with Gasteiger partial charge in [0.25, 0.3) is 0 Å². The Labute approximate surface area is 103 Å². The van der Waals surface area contributed by atoms with Crippen LogP contribution in [0.1, 0.15) is 17.3 Å². The van der Waals surface area contributed by atoms with Gasteiger partial charge in [-0.25, -0.2) is 14.2 Å². The van der Waals surface area contributed by atoms with E-state index in [0.29, 0.717) is 6.54 Å². The van der Waals surface area contributed by atoms with Crippen LogP contribution in [-0.4, -0.2) is 41.5 Å². The zero-order chi connectivity index (χ0) is 13.7. The smallest absolute Gasteiger partial charge is 0.331 e. The number of methoxy groups -OCH3 is 1. The summed E-state index contributed by atoms with van der Waals surface area (Å²) in [6, 6.07) is -0.399. The third-order valence-electron chi connectivity index (χ3n) is 2.21. The molecule has 0 aliphatic rings. The minimum Gasteiger partial charge on any atom is -0.491 e. The van der Waals surface area contributed by atoms with Gasteiger partial charge in [0.1, 0.15) is 0 Å². The van der Waals surface area contributed by atoms with Gasteiger partial charge in [-0.05, 0) is 12.6 Å². The van der Waals surface area contributed by atoms with Crippen LogP contribution in [0.3, 0.4) is 0 Å². The third-order valence-corrected chi connectivity index (χ3v) is 2.21. The molecule has 0 aromatic carbocycles. The molecule has 1 unspecified atom stereocenters. The second-order valence-electron chi connectivity index (χ2n) is 3.41. The Morgan fingerprint density at radius 1 is 1.61 bits per heavy atom. The summed E-state index contributed by atoms with van der Waals surface area (Å²) in [5, 5.41) is 11.5. The number of carbonyl (C=O) groups excluding carboxylic acids is 2. The molecular weight excluding hydrogens is 243 g/mol. The minimum absolute atomic E-state index is 0.123. The van der Waals surface area contributed by atoms with Crippen LogP contribution in [0.2, 0.25) is 0 Å². The molecule has 0 spiro atoms. The summed E-state index contributed by atoms with van der Waals surface area (Å²) in [6.45, 7) is 2.07. The van der Waals surface area contributed by atoms with Crippen molar-refractivity contribution in [2.24, 2.45) is 0 Å². The Hall–Kier alpha value is -2.02. The van der Waals surface area contributed by atoms with Gasteiger partial charge >= 0.3 is 5.97 Å². The fourth-order valence-electron chi connectivity index (χ4n) is 1.34. The Bertz CT molecular complexity index is 464. The number of nitrogens with one attached hydrogen (secondary N) is 1. The Morgan fingerprint density at radius 3 is 2.78 bits per heavy atom. The Kier molecular flexibility index (Phi) is 4.73. The number of likely N-dealkylation sites (N-methyl/N-ethyl adjacent to an activating group) is 1. The number of hydrogen-bond acceptors (Lipinski definition) is 6. The summed E-state index contributed by atoms with van der Waals surface area (Å²) >= 11 is 0. The van der Waals surface area contributed by atoms with Crippen LogP contribution in [0, 0.1) is 5.82 Å². The first-order valence-electron chi connectivity index (χ1n) is 5.21. The number of carbonyl (C=O) groups is 2. The van der Waals surface area contributed by atoms with E-state index in [1.165, 1.54) is 0 Å². The number of aromatic hydroxyl groups is 1. The maximum absolute atomic E-state index is 13.1. The maximum atomic E-state index is 13.1. The lowest BCUT2D eigenvalue weighted by Gasteiger charge is -2.14. The van der Waals surface area contributed by atoms with Crippen LogP contribution in [0.25, 0.3) is 0 Å². The van der Waals surface area contributed by atoms with Crippen LogP contribution < -0.4 is 5.32 Å².